The number of carbonyl (C=O) groups is 1. The van der Waals surface area contributed by atoms with E-state index < -0.39 is 5.97 Å². The third-order valence-electron chi connectivity index (χ3n) is 2.82. The molecule has 0 saturated heterocycles. The Bertz CT molecular complexity index is 792. The molecule has 1 aromatic carbocycles. The van der Waals surface area contributed by atoms with Crippen molar-refractivity contribution < 1.29 is 9.53 Å². The Morgan fingerprint density at radius 3 is 2.70 bits per heavy atom. The van der Waals surface area contributed by atoms with Crippen molar-refractivity contribution in [2.75, 3.05) is 6.61 Å². The van der Waals surface area contributed by atoms with Crippen molar-refractivity contribution in [3.8, 4) is 10.7 Å². The zero-order valence-electron chi connectivity index (χ0n) is 12.3. The van der Waals surface area contributed by atoms with Crippen LogP contribution in [0.2, 0.25) is 0 Å². The van der Waals surface area contributed by atoms with Crippen LogP contribution in [0.25, 0.3) is 10.7 Å². The van der Waals surface area contributed by atoms with E-state index in [4.69, 9.17) is 4.74 Å². The van der Waals surface area contributed by atoms with Crippen LogP contribution < -0.4 is 0 Å². The average molecular weight is 343 g/mol. The van der Waals surface area contributed by atoms with Gasteiger partial charge in [0.1, 0.15) is 5.03 Å². The molecule has 116 valence electrons. The Hall–Kier alpha value is -2.25. The zero-order valence-corrected chi connectivity index (χ0v) is 13.9. The van der Waals surface area contributed by atoms with E-state index in [0.717, 1.165) is 9.77 Å². The van der Waals surface area contributed by atoms with E-state index >= 15 is 0 Å². The number of benzene rings is 1. The van der Waals surface area contributed by atoms with Crippen LogP contribution in [0.1, 0.15) is 17.4 Å². The van der Waals surface area contributed by atoms with Crippen LogP contribution in [0, 0.1) is 0 Å². The molecule has 3 rings (SSSR count). The van der Waals surface area contributed by atoms with Gasteiger partial charge in [-0.25, -0.2) is 9.78 Å². The summed E-state index contributed by atoms with van der Waals surface area (Å²) in [7, 11) is 0. The highest BCUT2D eigenvalue weighted by Gasteiger charge is 2.20. The summed E-state index contributed by atoms with van der Waals surface area (Å²) in [5.74, 6) is -0.00450. The topological polar surface area (TPSA) is 65.0 Å². The highest BCUT2D eigenvalue weighted by Crippen LogP contribution is 2.30. The second kappa shape index (κ2) is 7.34. The second-order valence-corrected chi connectivity index (χ2v) is 6.41. The number of esters is 1. The summed E-state index contributed by atoms with van der Waals surface area (Å²) in [6.07, 6.45) is 0. The summed E-state index contributed by atoms with van der Waals surface area (Å²) >= 11 is 2.90. The lowest BCUT2D eigenvalue weighted by atomic mass is 10.4. The van der Waals surface area contributed by atoms with Crippen LogP contribution in [-0.2, 0) is 4.74 Å². The Balaban J connectivity index is 2.00. The number of hydrogen-bond acceptors (Lipinski definition) is 7. The van der Waals surface area contributed by atoms with Gasteiger partial charge in [-0.1, -0.05) is 36.0 Å². The van der Waals surface area contributed by atoms with Crippen LogP contribution in [0.15, 0.2) is 57.8 Å². The molecule has 0 aliphatic rings. The van der Waals surface area contributed by atoms with Gasteiger partial charge in [0.15, 0.2) is 5.82 Å². The van der Waals surface area contributed by atoms with Crippen molar-refractivity contribution in [1.82, 2.24) is 15.2 Å². The van der Waals surface area contributed by atoms with Gasteiger partial charge in [0, 0.05) is 4.90 Å². The third-order valence-corrected chi connectivity index (χ3v) is 4.67. The maximum Gasteiger partial charge on any atom is 0.361 e. The molecule has 5 nitrogen and oxygen atoms in total. The minimum atomic E-state index is -0.510. The minimum Gasteiger partial charge on any atom is -0.461 e. The standard InChI is InChI=1S/C16H13N3O2S2/c1-2-21-16(20)13-15(23-11-7-4-3-5-8-11)17-14(19-18-13)12-9-6-10-22-12/h3-10H,2H2,1H3. The van der Waals surface area contributed by atoms with Gasteiger partial charge in [-0.15, -0.1) is 21.5 Å². The maximum atomic E-state index is 12.1. The first-order chi connectivity index (χ1) is 11.3. The van der Waals surface area contributed by atoms with E-state index in [-0.39, 0.29) is 12.3 Å². The van der Waals surface area contributed by atoms with Gasteiger partial charge < -0.3 is 4.74 Å². The summed E-state index contributed by atoms with van der Waals surface area (Å²) in [6.45, 7) is 2.03. The van der Waals surface area contributed by atoms with Gasteiger partial charge in [0.05, 0.1) is 11.5 Å². The van der Waals surface area contributed by atoms with Crippen LogP contribution >= 0.6 is 23.1 Å². The van der Waals surface area contributed by atoms with E-state index in [0.29, 0.717) is 10.9 Å². The predicted molar refractivity (Wildman–Crippen MR) is 89.7 cm³/mol. The molecular weight excluding hydrogens is 330 g/mol. The molecule has 0 atom stereocenters. The number of rotatable bonds is 5. The largest absolute Gasteiger partial charge is 0.461 e. The lowest BCUT2D eigenvalue weighted by molar-refractivity contribution is 0.0512. The average Bonchev–Trinajstić information content (AvgIpc) is 3.10. The van der Waals surface area contributed by atoms with E-state index in [2.05, 4.69) is 15.2 Å². The van der Waals surface area contributed by atoms with Gasteiger partial charge >= 0.3 is 5.97 Å². The highest BCUT2D eigenvalue weighted by molar-refractivity contribution is 7.99. The lowest BCUT2D eigenvalue weighted by Gasteiger charge is -2.07. The second-order valence-electron chi connectivity index (χ2n) is 4.40. The summed E-state index contributed by atoms with van der Waals surface area (Å²) in [6, 6.07) is 13.5. The first-order valence-electron chi connectivity index (χ1n) is 6.96. The molecule has 0 amide bonds. The summed E-state index contributed by atoms with van der Waals surface area (Å²) < 4.78 is 5.04. The normalized spacial score (nSPS) is 10.5. The van der Waals surface area contributed by atoms with Crippen LogP contribution in [0.5, 0.6) is 0 Å². The first kappa shape index (κ1) is 15.6. The third kappa shape index (κ3) is 3.75. The molecule has 0 aliphatic carbocycles. The molecule has 0 fully saturated rings. The van der Waals surface area contributed by atoms with Gasteiger partial charge in [0.2, 0.25) is 5.69 Å². The number of nitrogens with zero attached hydrogens (tertiary/aromatic N) is 3. The van der Waals surface area contributed by atoms with Gasteiger partial charge in [-0.3, -0.25) is 0 Å². The molecule has 0 saturated carbocycles. The molecule has 0 N–H and O–H groups in total. The first-order valence-corrected chi connectivity index (χ1v) is 8.66. The maximum absolute atomic E-state index is 12.1. The monoisotopic (exact) mass is 343 g/mol. The fourth-order valence-electron chi connectivity index (χ4n) is 1.82. The number of carbonyl (C=O) groups excluding carboxylic acids is 1. The van der Waals surface area contributed by atoms with Gasteiger partial charge in [-0.2, -0.15) is 0 Å². The molecule has 0 bridgehead atoms. The minimum absolute atomic E-state index is 0.140. The Labute approximate surface area is 141 Å². The van der Waals surface area contributed by atoms with Crippen molar-refractivity contribution in [1.29, 1.82) is 0 Å². The number of aromatic nitrogens is 3. The van der Waals surface area contributed by atoms with Gasteiger partial charge in [-0.05, 0) is 30.5 Å². The smallest absolute Gasteiger partial charge is 0.361 e. The van der Waals surface area contributed by atoms with Crippen LogP contribution in [-0.4, -0.2) is 27.8 Å². The fourth-order valence-corrected chi connectivity index (χ4v) is 3.34. The van der Waals surface area contributed by atoms with Crippen molar-refractivity contribution in [3.63, 3.8) is 0 Å². The van der Waals surface area contributed by atoms with Gasteiger partial charge in [0.25, 0.3) is 0 Å². The van der Waals surface area contributed by atoms with E-state index in [1.54, 1.807) is 6.92 Å². The van der Waals surface area contributed by atoms with Crippen LogP contribution in [0.3, 0.4) is 0 Å². The molecule has 2 aromatic heterocycles. The van der Waals surface area contributed by atoms with Crippen molar-refractivity contribution in [2.45, 2.75) is 16.8 Å². The number of thiophene rings is 1. The SMILES string of the molecule is CCOC(=O)c1nnc(-c2cccs2)nc1Sc1ccccc1. The van der Waals surface area contributed by atoms with E-state index in [9.17, 15) is 4.79 Å². The van der Waals surface area contributed by atoms with E-state index in [1.165, 1.54) is 23.1 Å². The molecule has 0 aliphatic heterocycles. The van der Waals surface area contributed by atoms with Crippen molar-refractivity contribution >= 4 is 29.1 Å². The Morgan fingerprint density at radius 2 is 2.00 bits per heavy atom. The zero-order chi connectivity index (χ0) is 16.1. The molecule has 0 radical (unpaired) electrons. The summed E-state index contributed by atoms with van der Waals surface area (Å²) in [4.78, 5) is 18.5. The molecule has 3 aromatic rings. The van der Waals surface area contributed by atoms with Crippen molar-refractivity contribution in [2.24, 2.45) is 0 Å². The lowest BCUT2D eigenvalue weighted by Crippen LogP contribution is -2.12. The van der Waals surface area contributed by atoms with E-state index in [1.807, 2.05) is 47.8 Å². The molecule has 0 unspecified atom stereocenters. The Kier molecular flexibility index (Phi) is 4.99. The molecule has 23 heavy (non-hydrogen) atoms. The molecule has 2 heterocycles. The summed E-state index contributed by atoms with van der Waals surface area (Å²) in [5, 5.41) is 10.5. The molecule has 7 heteroatoms. The quantitative estimate of drug-likeness (QED) is 0.654. The van der Waals surface area contributed by atoms with Crippen LogP contribution in [0.4, 0.5) is 0 Å². The molecule has 0 spiro atoms. The fraction of sp³-hybridized carbons (Fsp3) is 0.125. The molecular formula is C16H13N3O2S2. The number of hydrogen-bond donors (Lipinski definition) is 0. The summed E-state index contributed by atoms with van der Waals surface area (Å²) in [5.41, 5.74) is 0.140. The van der Waals surface area contributed by atoms with Crippen molar-refractivity contribution in [3.05, 3.63) is 53.5 Å². The number of ether oxygens (including phenoxy) is 1. The Morgan fingerprint density at radius 1 is 1.17 bits per heavy atom. The predicted octanol–water partition coefficient (Wildman–Crippen LogP) is 3.93. The highest BCUT2D eigenvalue weighted by atomic mass is 32.2.